The van der Waals surface area contributed by atoms with E-state index in [2.05, 4.69) is 17.6 Å². The van der Waals surface area contributed by atoms with Gasteiger partial charge in [0.25, 0.3) is 0 Å². The Labute approximate surface area is 127 Å². The van der Waals surface area contributed by atoms with Crippen LogP contribution in [0, 0.1) is 5.92 Å². The second-order valence-corrected chi connectivity index (χ2v) is 5.65. The fourth-order valence-corrected chi connectivity index (χ4v) is 2.58. The van der Waals surface area contributed by atoms with Gasteiger partial charge >= 0.3 is 0 Å². The summed E-state index contributed by atoms with van der Waals surface area (Å²) >= 11 is 0. The number of carbonyl (C=O) groups is 1. The van der Waals surface area contributed by atoms with Crippen molar-refractivity contribution in [1.29, 1.82) is 0 Å². The van der Waals surface area contributed by atoms with Gasteiger partial charge in [0.05, 0.1) is 6.61 Å². The van der Waals surface area contributed by atoms with Gasteiger partial charge in [0.1, 0.15) is 5.75 Å². The minimum Gasteiger partial charge on any atom is -0.494 e. The number of benzene rings is 1. The lowest BCUT2D eigenvalue weighted by molar-refractivity contribution is -0.116. The second-order valence-electron chi connectivity index (χ2n) is 5.65. The maximum Gasteiger partial charge on any atom is 0.224 e. The number of carbonyl (C=O) groups excluding carboxylic acids is 1. The normalized spacial score (nSPS) is 15.7. The molecule has 21 heavy (non-hydrogen) atoms. The molecule has 4 nitrogen and oxygen atoms in total. The van der Waals surface area contributed by atoms with Gasteiger partial charge in [-0.15, -0.1) is 0 Å². The molecule has 116 valence electrons. The Hall–Kier alpha value is -1.55. The van der Waals surface area contributed by atoms with E-state index in [4.69, 9.17) is 4.74 Å². The van der Waals surface area contributed by atoms with E-state index in [1.165, 1.54) is 12.8 Å². The van der Waals surface area contributed by atoms with Gasteiger partial charge in [-0.3, -0.25) is 4.79 Å². The highest BCUT2D eigenvalue weighted by Crippen LogP contribution is 2.19. The molecule has 1 fully saturated rings. The van der Waals surface area contributed by atoms with Crippen molar-refractivity contribution >= 4 is 11.6 Å². The molecule has 0 radical (unpaired) electrons. The predicted molar refractivity (Wildman–Crippen MR) is 85.7 cm³/mol. The first kappa shape index (κ1) is 15.8. The molecule has 0 saturated carbocycles. The lowest BCUT2D eigenvalue weighted by atomic mass is 9.93. The summed E-state index contributed by atoms with van der Waals surface area (Å²) in [6, 6.07) is 7.59. The van der Waals surface area contributed by atoms with E-state index >= 15 is 0 Å². The zero-order valence-electron chi connectivity index (χ0n) is 12.9. The third-order valence-electron chi connectivity index (χ3n) is 3.85. The standard InChI is InChI=1S/C17H26N2O2/c1-2-13-21-16-6-4-15(5-7-16)19-17(20)8-3-14-9-11-18-12-10-14/h4-7,14,18H,2-3,8-13H2,1H3,(H,19,20). The van der Waals surface area contributed by atoms with Gasteiger partial charge in [-0.25, -0.2) is 0 Å². The third kappa shape index (κ3) is 5.76. The Balaban J connectivity index is 1.71. The molecular weight excluding hydrogens is 264 g/mol. The highest BCUT2D eigenvalue weighted by atomic mass is 16.5. The molecule has 1 heterocycles. The molecule has 0 aliphatic carbocycles. The quantitative estimate of drug-likeness (QED) is 0.811. The van der Waals surface area contributed by atoms with Crippen LogP contribution in [0.25, 0.3) is 0 Å². The van der Waals surface area contributed by atoms with E-state index in [-0.39, 0.29) is 5.91 Å². The van der Waals surface area contributed by atoms with Crippen LogP contribution in [0.5, 0.6) is 5.75 Å². The first-order chi connectivity index (χ1) is 10.3. The smallest absolute Gasteiger partial charge is 0.224 e. The summed E-state index contributed by atoms with van der Waals surface area (Å²) in [7, 11) is 0. The second kappa shape index (κ2) is 8.67. The number of piperidine rings is 1. The van der Waals surface area contributed by atoms with Crippen LogP contribution in [-0.4, -0.2) is 25.6 Å². The Morgan fingerprint density at radius 1 is 1.29 bits per heavy atom. The average Bonchev–Trinajstić information content (AvgIpc) is 2.53. The molecule has 1 aromatic rings. The Kier molecular flexibility index (Phi) is 6.54. The number of nitrogens with one attached hydrogen (secondary N) is 2. The number of rotatable bonds is 7. The molecule has 1 aromatic carbocycles. The molecule has 1 amide bonds. The zero-order chi connectivity index (χ0) is 14.9. The van der Waals surface area contributed by atoms with E-state index in [9.17, 15) is 4.79 Å². The molecule has 0 atom stereocenters. The molecule has 1 saturated heterocycles. The number of amides is 1. The fraction of sp³-hybridized carbons (Fsp3) is 0.588. The van der Waals surface area contributed by atoms with Crippen LogP contribution in [0.15, 0.2) is 24.3 Å². The van der Waals surface area contributed by atoms with Crippen molar-refractivity contribution in [2.75, 3.05) is 25.0 Å². The van der Waals surface area contributed by atoms with Crippen LogP contribution in [0.1, 0.15) is 39.0 Å². The molecule has 0 unspecified atom stereocenters. The van der Waals surface area contributed by atoms with Gasteiger partial charge in [0.15, 0.2) is 0 Å². The van der Waals surface area contributed by atoms with E-state index in [0.29, 0.717) is 12.3 Å². The van der Waals surface area contributed by atoms with Crippen LogP contribution < -0.4 is 15.4 Å². The summed E-state index contributed by atoms with van der Waals surface area (Å²) in [6.45, 7) is 4.98. The molecule has 0 spiro atoms. The van der Waals surface area contributed by atoms with Crippen molar-refractivity contribution in [3.63, 3.8) is 0 Å². The molecule has 0 bridgehead atoms. The molecule has 1 aliphatic rings. The lowest BCUT2D eigenvalue weighted by Crippen LogP contribution is -2.28. The van der Waals surface area contributed by atoms with Crippen molar-refractivity contribution in [1.82, 2.24) is 5.32 Å². The van der Waals surface area contributed by atoms with Crippen LogP contribution in [-0.2, 0) is 4.79 Å². The molecule has 0 aromatic heterocycles. The highest BCUT2D eigenvalue weighted by molar-refractivity contribution is 5.90. The van der Waals surface area contributed by atoms with E-state index < -0.39 is 0 Å². The zero-order valence-corrected chi connectivity index (χ0v) is 12.9. The number of hydrogen-bond acceptors (Lipinski definition) is 3. The van der Waals surface area contributed by atoms with E-state index in [0.717, 1.165) is 44.0 Å². The highest BCUT2D eigenvalue weighted by Gasteiger charge is 2.14. The Bertz CT molecular complexity index is 425. The Morgan fingerprint density at radius 2 is 2.00 bits per heavy atom. The summed E-state index contributed by atoms with van der Waals surface area (Å²) < 4.78 is 5.52. The maximum atomic E-state index is 12.0. The topological polar surface area (TPSA) is 50.4 Å². The summed E-state index contributed by atoms with van der Waals surface area (Å²) in [4.78, 5) is 12.0. The molecule has 4 heteroatoms. The van der Waals surface area contributed by atoms with Gasteiger partial charge < -0.3 is 15.4 Å². The molecule has 1 aliphatic heterocycles. The molecule has 2 rings (SSSR count). The number of ether oxygens (including phenoxy) is 1. The van der Waals surface area contributed by atoms with E-state index in [1.54, 1.807) is 0 Å². The van der Waals surface area contributed by atoms with Crippen molar-refractivity contribution in [3.8, 4) is 5.75 Å². The monoisotopic (exact) mass is 290 g/mol. The van der Waals surface area contributed by atoms with Gasteiger partial charge in [0.2, 0.25) is 5.91 Å². The predicted octanol–water partition coefficient (Wildman–Crippen LogP) is 3.19. The average molecular weight is 290 g/mol. The van der Waals surface area contributed by atoms with E-state index in [1.807, 2.05) is 24.3 Å². The van der Waals surface area contributed by atoms with Crippen LogP contribution in [0.4, 0.5) is 5.69 Å². The third-order valence-corrected chi connectivity index (χ3v) is 3.85. The largest absolute Gasteiger partial charge is 0.494 e. The van der Waals surface area contributed by atoms with Gasteiger partial charge in [-0.2, -0.15) is 0 Å². The summed E-state index contributed by atoms with van der Waals surface area (Å²) in [6.07, 6.45) is 4.98. The van der Waals surface area contributed by atoms with Gasteiger partial charge in [-0.1, -0.05) is 6.92 Å². The molecule has 2 N–H and O–H groups in total. The number of hydrogen-bond donors (Lipinski definition) is 2. The molecular formula is C17H26N2O2. The first-order valence-corrected chi connectivity index (χ1v) is 8.01. The van der Waals surface area contributed by atoms with Crippen LogP contribution in [0.2, 0.25) is 0 Å². The number of anilines is 1. The minimum atomic E-state index is 0.107. The van der Waals surface area contributed by atoms with Crippen molar-refractivity contribution in [2.24, 2.45) is 5.92 Å². The maximum absolute atomic E-state index is 12.0. The van der Waals surface area contributed by atoms with Crippen LogP contribution >= 0.6 is 0 Å². The summed E-state index contributed by atoms with van der Waals surface area (Å²) in [5, 5.41) is 6.30. The van der Waals surface area contributed by atoms with Gasteiger partial charge in [-0.05, 0) is 69.0 Å². The summed E-state index contributed by atoms with van der Waals surface area (Å²) in [5.74, 6) is 1.65. The fourth-order valence-electron chi connectivity index (χ4n) is 2.58. The van der Waals surface area contributed by atoms with Crippen molar-refractivity contribution in [2.45, 2.75) is 39.0 Å². The summed E-state index contributed by atoms with van der Waals surface area (Å²) in [5.41, 5.74) is 0.842. The van der Waals surface area contributed by atoms with Crippen LogP contribution in [0.3, 0.4) is 0 Å². The lowest BCUT2D eigenvalue weighted by Gasteiger charge is -2.22. The van der Waals surface area contributed by atoms with Crippen molar-refractivity contribution < 1.29 is 9.53 Å². The minimum absolute atomic E-state index is 0.107. The first-order valence-electron chi connectivity index (χ1n) is 8.01. The van der Waals surface area contributed by atoms with Gasteiger partial charge in [0, 0.05) is 12.1 Å². The SMILES string of the molecule is CCCOc1ccc(NC(=O)CCC2CCNCC2)cc1. The Morgan fingerprint density at radius 3 is 2.67 bits per heavy atom. The van der Waals surface area contributed by atoms with Crippen molar-refractivity contribution in [3.05, 3.63) is 24.3 Å².